The number of hydrogen-bond donors (Lipinski definition) is 0. The number of benzene rings is 1. The van der Waals surface area contributed by atoms with Crippen LogP contribution in [0.2, 0.25) is 0 Å². The molecule has 1 nitrogen and oxygen atoms in total. The fourth-order valence-corrected chi connectivity index (χ4v) is 2.25. The first-order chi connectivity index (χ1) is 7.86. The fourth-order valence-electron chi connectivity index (χ4n) is 1.60. The lowest BCUT2D eigenvalue weighted by Gasteiger charge is -2.11. The summed E-state index contributed by atoms with van der Waals surface area (Å²) in [7, 11) is 0. The molecule has 0 aliphatic carbocycles. The van der Waals surface area contributed by atoms with Crippen LogP contribution in [0.1, 0.15) is 12.5 Å². The maximum Gasteiger partial charge on any atom is 0.142 e. The largest absolute Gasteiger partial charge is 0.492 e. The first-order valence-electron chi connectivity index (χ1n) is 5.11. The Labute approximate surface area is 99.7 Å². The number of thiophene rings is 1. The minimum absolute atomic E-state index is 0.621. The Morgan fingerprint density at radius 2 is 2.25 bits per heavy atom. The summed E-state index contributed by atoms with van der Waals surface area (Å²) < 4.78 is 5.64. The molecule has 2 rings (SSSR count). The third-order valence-corrected chi connectivity index (χ3v) is 2.97. The third kappa shape index (κ3) is 1.95. The van der Waals surface area contributed by atoms with Crippen molar-refractivity contribution < 1.29 is 4.74 Å². The monoisotopic (exact) mass is 228 g/mol. The van der Waals surface area contributed by atoms with Crippen LogP contribution in [0.4, 0.5) is 0 Å². The number of ether oxygens (including phenoxy) is 1. The van der Waals surface area contributed by atoms with E-state index in [-0.39, 0.29) is 0 Å². The molecule has 0 saturated heterocycles. The molecule has 0 spiro atoms. The summed E-state index contributed by atoms with van der Waals surface area (Å²) >= 11 is 1.67. The lowest BCUT2D eigenvalue weighted by Crippen LogP contribution is -1.96. The summed E-state index contributed by atoms with van der Waals surface area (Å²) in [5.74, 6) is 3.47. The molecule has 0 saturated carbocycles. The van der Waals surface area contributed by atoms with Crippen molar-refractivity contribution in [3.05, 3.63) is 40.6 Å². The second-order valence-corrected chi connectivity index (χ2v) is 4.05. The van der Waals surface area contributed by atoms with Crippen molar-refractivity contribution in [2.24, 2.45) is 0 Å². The highest BCUT2D eigenvalue weighted by atomic mass is 32.1. The van der Waals surface area contributed by atoms with Crippen LogP contribution in [0.15, 0.2) is 35.0 Å². The summed E-state index contributed by atoms with van der Waals surface area (Å²) in [5, 5.41) is 4.14. The SMILES string of the molecule is C#Cc1cccc(-c2ccsc2)c1OCC. The molecule has 2 heteroatoms. The van der Waals surface area contributed by atoms with E-state index in [2.05, 4.69) is 17.4 Å². The predicted molar refractivity (Wildman–Crippen MR) is 68.9 cm³/mol. The van der Waals surface area contributed by atoms with E-state index in [1.807, 2.05) is 30.5 Å². The van der Waals surface area contributed by atoms with Gasteiger partial charge in [0, 0.05) is 5.56 Å². The van der Waals surface area contributed by atoms with E-state index >= 15 is 0 Å². The van der Waals surface area contributed by atoms with Crippen molar-refractivity contribution in [2.45, 2.75) is 6.92 Å². The predicted octanol–water partition coefficient (Wildman–Crippen LogP) is 3.80. The van der Waals surface area contributed by atoms with Crippen LogP contribution in [0.3, 0.4) is 0 Å². The molecule has 0 radical (unpaired) electrons. The highest BCUT2D eigenvalue weighted by molar-refractivity contribution is 7.08. The molecule has 2 aromatic rings. The van der Waals surface area contributed by atoms with Crippen LogP contribution < -0.4 is 4.74 Å². The molecule has 80 valence electrons. The second-order valence-electron chi connectivity index (χ2n) is 3.27. The smallest absolute Gasteiger partial charge is 0.142 e. The van der Waals surface area contributed by atoms with Crippen LogP contribution >= 0.6 is 11.3 Å². The normalized spacial score (nSPS) is 9.75. The molecule has 0 N–H and O–H groups in total. The Hall–Kier alpha value is -1.72. The Bertz CT molecular complexity index is 506. The van der Waals surface area contributed by atoms with Crippen LogP contribution in [-0.2, 0) is 0 Å². The van der Waals surface area contributed by atoms with Crippen molar-refractivity contribution in [2.75, 3.05) is 6.61 Å². The summed E-state index contributed by atoms with van der Waals surface area (Å²) in [6.45, 7) is 2.58. The maximum atomic E-state index is 5.64. The number of terminal acetylenes is 1. The van der Waals surface area contributed by atoms with Crippen LogP contribution in [0, 0.1) is 12.3 Å². The van der Waals surface area contributed by atoms with E-state index < -0.39 is 0 Å². The Balaban J connectivity index is 2.57. The lowest BCUT2D eigenvalue weighted by atomic mass is 10.0. The van der Waals surface area contributed by atoms with Gasteiger partial charge in [-0.25, -0.2) is 0 Å². The average molecular weight is 228 g/mol. The number of para-hydroxylation sites is 1. The van der Waals surface area contributed by atoms with Crippen molar-refractivity contribution >= 4 is 11.3 Å². The molecule has 0 fully saturated rings. The van der Waals surface area contributed by atoms with Crippen molar-refractivity contribution in [3.8, 4) is 29.2 Å². The highest BCUT2D eigenvalue weighted by Crippen LogP contribution is 2.34. The molecule has 16 heavy (non-hydrogen) atoms. The van der Waals surface area contributed by atoms with E-state index in [1.165, 1.54) is 0 Å². The zero-order valence-electron chi connectivity index (χ0n) is 9.07. The zero-order valence-corrected chi connectivity index (χ0v) is 9.88. The van der Waals surface area contributed by atoms with Gasteiger partial charge in [-0.1, -0.05) is 18.1 Å². The second kappa shape index (κ2) is 4.87. The molecule has 0 amide bonds. The first kappa shape index (κ1) is 10.8. The van der Waals surface area contributed by atoms with Gasteiger partial charge < -0.3 is 4.74 Å². The minimum atomic E-state index is 0.621. The van der Waals surface area contributed by atoms with Gasteiger partial charge in [-0.05, 0) is 35.4 Å². The van der Waals surface area contributed by atoms with Crippen molar-refractivity contribution in [1.29, 1.82) is 0 Å². The Morgan fingerprint density at radius 3 is 2.88 bits per heavy atom. The molecular weight excluding hydrogens is 216 g/mol. The summed E-state index contributed by atoms with van der Waals surface area (Å²) in [4.78, 5) is 0. The van der Waals surface area contributed by atoms with E-state index in [0.29, 0.717) is 6.61 Å². The molecule has 0 aliphatic heterocycles. The molecule has 1 aromatic carbocycles. The summed E-state index contributed by atoms with van der Waals surface area (Å²) in [6.07, 6.45) is 5.48. The topological polar surface area (TPSA) is 9.23 Å². The van der Waals surface area contributed by atoms with E-state index in [9.17, 15) is 0 Å². The lowest BCUT2D eigenvalue weighted by molar-refractivity contribution is 0.341. The van der Waals surface area contributed by atoms with Gasteiger partial charge in [0.15, 0.2) is 0 Å². The molecule has 1 heterocycles. The average Bonchev–Trinajstić information content (AvgIpc) is 2.83. The number of rotatable bonds is 3. The van der Waals surface area contributed by atoms with Crippen LogP contribution in [0.25, 0.3) is 11.1 Å². The van der Waals surface area contributed by atoms with Gasteiger partial charge in [0.25, 0.3) is 0 Å². The van der Waals surface area contributed by atoms with E-state index in [0.717, 1.165) is 22.4 Å². The maximum absolute atomic E-state index is 5.64. The van der Waals surface area contributed by atoms with Crippen molar-refractivity contribution in [3.63, 3.8) is 0 Å². The molecule has 0 bridgehead atoms. The standard InChI is InChI=1S/C14H12OS/c1-3-11-6-5-7-13(14(11)15-4-2)12-8-9-16-10-12/h1,5-10H,4H2,2H3. The van der Waals surface area contributed by atoms with Gasteiger partial charge in [0.05, 0.1) is 12.2 Å². The van der Waals surface area contributed by atoms with Crippen molar-refractivity contribution in [1.82, 2.24) is 0 Å². The quantitative estimate of drug-likeness (QED) is 0.726. The molecule has 1 aromatic heterocycles. The molecule has 0 atom stereocenters. The van der Waals surface area contributed by atoms with Crippen LogP contribution in [0.5, 0.6) is 5.75 Å². The van der Waals surface area contributed by atoms with Gasteiger partial charge in [-0.15, -0.1) is 6.42 Å². The molecular formula is C14H12OS. The van der Waals surface area contributed by atoms with Gasteiger partial charge in [-0.2, -0.15) is 11.3 Å². The van der Waals surface area contributed by atoms with E-state index in [4.69, 9.17) is 11.2 Å². The summed E-state index contributed by atoms with van der Waals surface area (Å²) in [6, 6.07) is 7.97. The molecule has 0 aliphatic rings. The van der Waals surface area contributed by atoms with Gasteiger partial charge in [-0.3, -0.25) is 0 Å². The van der Waals surface area contributed by atoms with Gasteiger partial charge in [0.2, 0.25) is 0 Å². The van der Waals surface area contributed by atoms with E-state index in [1.54, 1.807) is 11.3 Å². The first-order valence-corrected chi connectivity index (χ1v) is 6.06. The fraction of sp³-hybridized carbons (Fsp3) is 0.143. The zero-order chi connectivity index (χ0) is 11.4. The Kier molecular flexibility index (Phi) is 3.28. The molecule has 0 unspecified atom stereocenters. The highest BCUT2D eigenvalue weighted by Gasteiger charge is 2.09. The Morgan fingerprint density at radius 1 is 1.38 bits per heavy atom. The van der Waals surface area contributed by atoms with Gasteiger partial charge >= 0.3 is 0 Å². The van der Waals surface area contributed by atoms with Crippen LogP contribution in [-0.4, -0.2) is 6.61 Å². The minimum Gasteiger partial charge on any atom is -0.492 e. The van der Waals surface area contributed by atoms with Gasteiger partial charge in [0.1, 0.15) is 5.75 Å². The number of hydrogen-bond acceptors (Lipinski definition) is 2. The third-order valence-electron chi connectivity index (χ3n) is 2.29. The summed E-state index contributed by atoms with van der Waals surface area (Å²) in [5.41, 5.74) is 3.04.